The summed E-state index contributed by atoms with van der Waals surface area (Å²) in [6.07, 6.45) is 0. The molecule has 1 amide bonds. The molecule has 1 N–H and O–H groups in total. The van der Waals surface area contributed by atoms with Gasteiger partial charge in [0.25, 0.3) is 5.91 Å². The van der Waals surface area contributed by atoms with Crippen LogP contribution in [0.15, 0.2) is 83.3 Å². The number of nitrogens with one attached hydrogen (secondary N) is 1. The number of aromatic nitrogens is 3. The average Bonchev–Trinajstić information content (AvgIpc) is 3.15. The predicted octanol–water partition coefficient (Wildman–Crippen LogP) is 5.60. The summed E-state index contributed by atoms with van der Waals surface area (Å²) in [4.78, 5) is 17.2. The van der Waals surface area contributed by atoms with Gasteiger partial charge in [-0.25, -0.2) is 9.67 Å². The third kappa shape index (κ3) is 3.98. The Morgan fingerprint density at radius 1 is 0.929 bits per heavy atom. The van der Waals surface area contributed by atoms with Gasteiger partial charge in [-0.3, -0.25) is 4.79 Å². The number of hydrogen-bond donors (Lipinski definition) is 1. The van der Waals surface area contributed by atoms with Crippen LogP contribution in [0.1, 0.15) is 10.6 Å². The lowest BCUT2D eigenvalue weighted by Gasteiger charge is -2.06. The second-order valence-electron chi connectivity index (χ2n) is 5.97. The smallest absolute Gasteiger partial charge is 0.295 e. The molecule has 1 heterocycles. The van der Waals surface area contributed by atoms with Crippen LogP contribution in [0, 0.1) is 0 Å². The van der Waals surface area contributed by atoms with E-state index >= 15 is 0 Å². The Kier molecular flexibility index (Phi) is 5.23. The van der Waals surface area contributed by atoms with Crippen molar-refractivity contribution in [1.29, 1.82) is 0 Å². The molecule has 7 heteroatoms. The molecule has 0 atom stereocenters. The van der Waals surface area contributed by atoms with Gasteiger partial charge in [-0.05, 0) is 60.7 Å². The molecule has 3 aromatic carbocycles. The molecule has 0 aliphatic heterocycles. The zero-order valence-electron chi connectivity index (χ0n) is 14.5. The van der Waals surface area contributed by atoms with E-state index in [1.807, 2.05) is 66.7 Å². The molecule has 0 saturated carbocycles. The molecule has 28 heavy (non-hydrogen) atoms. The number of anilines is 1. The predicted molar refractivity (Wildman–Crippen MR) is 114 cm³/mol. The zero-order valence-corrected chi connectivity index (χ0v) is 16.9. The first-order valence-corrected chi connectivity index (χ1v) is 9.62. The molecular formula is C21H14BrClN4O. The van der Waals surface area contributed by atoms with Crippen LogP contribution in [0.4, 0.5) is 5.69 Å². The van der Waals surface area contributed by atoms with Gasteiger partial charge >= 0.3 is 0 Å². The van der Waals surface area contributed by atoms with Crippen LogP contribution in [0.3, 0.4) is 0 Å². The third-order valence-electron chi connectivity index (χ3n) is 4.02. The molecule has 0 saturated heterocycles. The Bertz CT molecular complexity index is 1050. The Labute approximate surface area is 175 Å². The lowest BCUT2D eigenvalue weighted by molar-refractivity contribution is 0.101. The van der Waals surface area contributed by atoms with Crippen molar-refractivity contribution in [3.63, 3.8) is 0 Å². The maximum absolute atomic E-state index is 12.7. The normalized spacial score (nSPS) is 10.6. The fraction of sp³-hybridized carbons (Fsp3) is 0. The molecule has 1 aromatic heterocycles. The van der Waals surface area contributed by atoms with Gasteiger partial charge in [-0.2, -0.15) is 0 Å². The first-order chi connectivity index (χ1) is 13.6. The van der Waals surface area contributed by atoms with Crippen LogP contribution in [-0.4, -0.2) is 20.7 Å². The standard InChI is InChI=1S/C21H14BrClN4O/c22-15-8-12-18(13-9-15)27-20(14-6-10-16(23)11-7-14)25-19(26-27)21(28)24-17-4-2-1-3-5-17/h1-13H,(H,24,28). The summed E-state index contributed by atoms with van der Waals surface area (Å²) in [6, 6.07) is 24.1. The molecule has 0 radical (unpaired) electrons. The van der Waals surface area contributed by atoms with E-state index in [-0.39, 0.29) is 11.7 Å². The molecule has 4 rings (SSSR count). The first-order valence-electron chi connectivity index (χ1n) is 8.45. The van der Waals surface area contributed by atoms with Crippen molar-refractivity contribution in [2.24, 2.45) is 0 Å². The van der Waals surface area contributed by atoms with Crippen LogP contribution < -0.4 is 5.32 Å². The summed E-state index contributed by atoms with van der Waals surface area (Å²) in [7, 11) is 0. The van der Waals surface area contributed by atoms with Gasteiger partial charge in [-0.1, -0.05) is 45.7 Å². The minimum Gasteiger partial charge on any atom is -0.319 e. The van der Waals surface area contributed by atoms with E-state index < -0.39 is 0 Å². The Balaban J connectivity index is 1.76. The zero-order chi connectivity index (χ0) is 19.5. The van der Waals surface area contributed by atoms with Crippen molar-refractivity contribution in [1.82, 2.24) is 14.8 Å². The molecule has 4 aromatic rings. The van der Waals surface area contributed by atoms with Gasteiger partial charge in [0.2, 0.25) is 5.82 Å². The van der Waals surface area contributed by atoms with E-state index in [1.54, 1.807) is 16.8 Å². The number of carbonyl (C=O) groups is 1. The Morgan fingerprint density at radius 2 is 1.61 bits per heavy atom. The lowest BCUT2D eigenvalue weighted by Crippen LogP contribution is -2.14. The molecule has 5 nitrogen and oxygen atoms in total. The molecular weight excluding hydrogens is 440 g/mol. The fourth-order valence-corrected chi connectivity index (χ4v) is 3.06. The summed E-state index contributed by atoms with van der Waals surface area (Å²) >= 11 is 9.44. The van der Waals surface area contributed by atoms with Crippen molar-refractivity contribution in [3.8, 4) is 17.1 Å². The first kappa shape index (κ1) is 18.4. The molecule has 0 bridgehead atoms. The molecule has 138 valence electrons. The van der Waals surface area contributed by atoms with E-state index in [2.05, 4.69) is 31.3 Å². The van der Waals surface area contributed by atoms with Gasteiger partial charge in [0, 0.05) is 20.7 Å². The summed E-state index contributed by atoms with van der Waals surface area (Å²) in [5.74, 6) is 0.256. The van der Waals surface area contributed by atoms with Crippen LogP contribution in [-0.2, 0) is 0 Å². The maximum Gasteiger partial charge on any atom is 0.295 e. The summed E-state index contributed by atoms with van der Waals surface area (Å²) < 4.78 is 2.60. The van der Waals surface area contributed by atoms with Crippen molar-refractivity contribution in [3.05, 3.63) is 94.2 Å². The van der Waals surface area contributed by atoms with Gasteiger partial charge in [0.15, 0.2) is 5.82 Å². The quantitative estimate of drug-likeness (QED) is 0.437. The minimum absolute atomic E-state index is 0.0803. The molecule has 0 unspecified atom stereocenters. The van der Waals surface area contributed by atoms with Gasteiger partial charge < -0.3 is 5.32 Å². The van der Waals surface area contributed by atoms with Crippen molar-refractivity contribution in [2.45, 2.75) is 0 Å². The highest BCUT2D eigenvalue weighted by Crippen LogP contribution is 2.24. The minimum atomic E-state index is -0.378. The van der Waals surface area contributed by atoms with Crippen molar-refractivity contribution >= 4 is 39.1 Å². The molecule has 0 fully saturated rings. The number of benzene rings is 3. The Morgan fingerprint density at radius 3 is 2.29 bits per heavy atom. The maximum atomic E-state index is 12.7. The molecule has 0 aliphatic carbocycles. The number of nitrogens with zero attached hydrogens (tertiary/aromatic N) is 3. The topological polar surface area (TPSA) is 59.8 Å². The lowest BCUT2D eigenvalue weighted by atomic mass is 10.2. The highest BCUT2D eigenvalue weighted by molar-refractivity contribution is 9.10. The summed E-state index contributed by atoms with van der Waals surface area (Å²) in [6.45, 7) is 0. The molecule has 0 spiro atoms. The fourth-order valence-electron chi connectivity index (χ4n) is 2.66. The van der Waals surface area contributed by atoms with E-state index in [9.17, 15) is 4.79 Å². The number of para-hydroxylation sites is 1. The van der Waals surface area contributed by atoms with Crippen LogP contribution in [0.5, 0.6) is 0 Å². The van der Waals surface area contributed by atoms with Gasteiger partial charge in [0.05, 0.1) is 5.69 Å². The summed E-state index contributed by atoms with van der Waals surface area (Å²) in [5, 5.41) is 7.89. The number of hydrogen-bond acceptors (Lipinski definition) is 3. The van der Waals surface area contributed by atoms with Gasteiger partial charge in [0.1, 0.15) is 0 Å². The number of carbonyl (C=O) groups excluding carboxylic acids is 1. The molecule has 0 aliphatic rings. The second kappa shape index (κ2) is 7.96. The van der Waals surface area contributed by atoms with E-state index in [0.29, 0.717) is 16.5 Å². The van der Waals surface area contributed by atoms with Crippen LogP contribution in [0.25, 0.3) is 17.1 Å². The van der Waals surface area contributed by atoms with Gasteiger partial charge in [-0.15, -0.1) is 5.10 Å². The van der Waals surface area contributed by atoms with Crippen LogP contribution in [0.2, 0.25) is 5.02 Å². The van der Waals surface area contributed by atoms with E-state index in [0.717, 1.165) is 15.7 Å². The number of amides is 1. The second-order valence-corrected chi connectivity index (χ2v) is 7.33. The number of halogens is 2. The highest BCUT2D eigenvalue weighted by Gasteiger charge is 2.19. The average molecular weight is 454 g/mol. The summed E-state index contributed by atoms with van der Waals surface area (Å²) in [5.41, 5.74) is 2.28. The van der Waals surface area contributed by atoms with E-state index in [1.165, 1.54) is 0 Å². The number of rotatable bonds is 4. The van der Waals surface area contributed by atoms with Crippen molar-refractivity contribution in [2.75, 3.05) is 5.32 Å². The highest BCUT2D eigenvalue weighted by atomic mass is 79.9. The monoisotopic (exact) mass is 452 g/mol. The van der Waals surface area contributed by atoms with Crippen molar-refractivity contribution < 1.29 is 4.79 Å². The SMILES string of the molecule is O=C(Nc1ccccc1)c1nc(-c2ccc(Cl)cc2)n(-c2ccc(Br)cc2)n1. The van der Waals surface area contributed by atoms with Crippen LogP contribution >= 0.6 is 27.5 Å². The van der Waals surface area contributed by atoms with E-state index in [4.69, 9.17) is 11.6 Å². The Hall–Kier alpha value is -2.96. The third-order valence-corrected chi connectivity index (χ3v) is 4.80. The largest absolute Gasteiger partial charge is 0.319 e.